The second-order valence-corrected chi connectivity index (χ2v) is 5.41. The van der Waals surface area contributed by atoms with Gasteiger partial charge < -0.3 is 4.57 Å². The average molecular weight is 268 g/mol. The van der Waals surface area contributed by atoms with Gasteiger partial charge in [-0.25, -0.2) is 0 Å². The number of halogens is 1. The number of hydrogen-bond acceptors (Lipinski definition) is 3. The molecule has 0 fully saturated rings. The molecule has 2 aromatic heterocycles. The summed E-state index contributed by atoms with van der Waals surface area (Å²) < 4.78 is 1.97. The van der Waals surface area contributed by atoms with E-state index in [2.05, 4.69) is 0 Å². The van der Waals surface area contributed by atoms with Gasteiger partial charge in [-0.1, -0.05) is 11.6 Å². The first kappa shape index (κ1) is 12.1. The number of nitrogens with zero attached hydrogens (tertiary/aromatic N) is 1. The molecule has 0 aromatic carbocycles. The van der Waals surface area contributed by atoms with Crippen molar-refractivity contribution in [3.8, 4) is 0 Å². The SMILES string of the molecule is Cc1ccn(CC(=O)c2ccc(Cl)s2)c(=O)c1. The van der Waals surface area contributed by atoms with Crippen molar-refractivity contribution in [2.75, 3.05) is 0 Å². The molecule has 2 rings (SSSR count). The van der Waals surface area contributed by atoms with Crippen LogP contribution in [-0.4, -0.2) is 10.4 Å². The molecule has 0 N–H and O–H groups in total. The first-order valence-electron chi connectivity index (χ1n) is 5.02. The van der Waals surface area contributed by atoms with Gasteiger partial charge in [-0.3, -0.25) is 9.59 Å². The third-order valence-corrected chi connectivity index (χ3v) is 3.59. The van der Waals surface area contributed by atoms with Gasteiger partial charge in [-0.15, -0.1) is 11.3 Å². The Morgan fingerprint density at radius 3 is 2.76 bits per heavy atom. The number of carbonyl (C=O) groups is 1. The van der Waals surface area contributed by atoms with E-state index in [4.69, 9.17) is 11.6 Å². The van der Waals surface area contributed by atoms with Gasteiger partial charge in [0.15, 0.2) is 5.78 Å². The number of aryl methyl sites for hydroxylation is 1. The number of carbonyl (C=O) groups excluding carboxylic acids is 1. The fourth-order valence-electron chi connectivity index (χ4n) is 1.43. The Kier molecular flexibility index (Phi) is 3.45. The molecule has 0 aliphatic heterocycles. The van der Waals surface area contributed by atoms with Crippen molar-refractivity contribution in [2.24, 2.45) is 0 Å². The number of Topliss-reactive ketones (excluding diaryl/α,β-unsaturated/α-hetero) is 1. The lowest BCUT2D eigenvalue weighted by Crippen LogP contribution is -2.22. The summed E-state index contributed by atoms with van der Waals surface area (Å²) in [7, 11) is 0. The van der Waals surface area contributed by atoms with Crippen molar-refractivity contribution in [3.63, 3.8) is 0 Å². The molecule has 0 aliphatic carbocycles. The highest BCUT2D eigenvalue weighted by Gasteiger charge is 2.10. The normalized spacial score (nSPS) is 10.5. The van der Waals surface area contributed by atoms with E-state index >= 15 is 0 Å². The van der Waals surface area contributed by atoms with Crippen LogP contribution in [0.25, 0.3) is 0 Å². The molecular formula is C12H10ClNO2S. The predicted octanol–water partition coefficient (Wildman–Crippen LogP) is 2.75. The van der Waals surface area contributed by atoms with Crippen molar-refractivity contribution >= 4 is 28.7 Å². The van der Waals surface area contributed by atoms with Gasteiger partial charge >= 0.3 is 0 Å². The largest absolute Gasteiger partial charge is 0.308 e. The van der Waals surface area contributed by atoms with Crippen molar-refractivity contribution in [2.45, 2.75) is 13.5 Å². The predicted molar refractivity (Wildman–Crippen MR) is 69.1 cm³/mol. The minimum atomic E-state index is -0.166. The van der Waals surface area contributed by atoms with Crippen molar-refractivity contribution < 1.29 is 4.79 Å². The third kappa shape index (κ3) is 2.84. The number of thiophene rings is 1. The molecule has 0 amide bonds. The van der Waals surface area contributed by atoms with Gasteiger partial charge in [0.05, 0.1) is 15.8 Å². The van der Waals surface area contributed by atoms with E-state index in [0.29, 0.717) is 9.21 Å². The summed E-state index contributed by atoms with van der Waals surface area (Å²) in [6.45, 7) is 1.89. The minimum absolute atomic E-state index is 0.0515. The summed E-state index contributed by atoms with van der Waals surface area (Å²) in [5.74, 6) is -0.104. The van der Waals surface area contributed by atoms with Gasteiger partial charge in [-0.05, 0) is 30.7 Å². The van der Waals surface area contributed by atoms with E-state index in [1.165, 1.54) is 22.0 Å². The molecule has 0 saturated carbocycles. The van der Waals surface area contributed by atoms with Crippen LogP contribution in [0.1, 0.15) is 15.2 Å². The van der Waals surface area contributed by atoms with E-state index < -0.39 is 0 Å². The smallest absolute Gasteiger partial charge is 0.251 e. The number of hydrogen-bond donors (Lipinski definition) is 0. The van der Waals surface area contributed by atoms with Crippen LogP contribution >= 0.6 is 22.9 Å². The van der Waals surface area contributed by atoms with Gasteiger partial charge in [0.2, 0.25) is 0 Å². The fraction of sp³-hybridized carbons (Fsp3) is 0.167. The molecule has 2 aromatic rings. The summed E-state index contributed by atoms with van der Waals surface area (Å²) >= 11 is 6.98. The maximum atomic E-state index is 11.9. The van der Waals surface area contributed by atoms with Gasteiger partial charge in [0, 0.05) is 12.3 Å². The summed E-state index contributed by atoms with van der Waals surface area (Å²) in [6.07, 6.45) is 1.63. The lowest BCUT2D eigenvalue weighted by molar-refractivity contribution is 0.0975. The monoisotopic (exact) mass is 267 g/mol. The van der Waals surface area contributed by atoms with E-state index in [0.717, 1.165) is 5.56 Å². The summed E-state index contributed by atoms with van der Waals surface area (Å²) in [5, 5.41) is 0. The molecule has 17 heavy (non-hydrogen) atoms. The van der Waals surface area contributed by atoms with Gasteiger partial charge in [0.1, 0.15) is 0 Å². The maximum absolute atomic E-state index is 11.9. The summed E-state index contributed by atoms with van der Waals surface area (Å²) in [4.78, 5) is 24.0. The van der Waals surface area contributed by atoms with E-state index in [1.54, 1.807) is 24.4 Å². The molecule has 5 heteroatoms. The Balaban J connectivity index is 2.21. The Morgan fingerprint density at radius 2 is 2.18 bits per heavy atom. The third-order valence-electron chi connectivity index (χ3n) is 2.31. The van der Waals surface area contributed by atoms with Crippen LogP contribution < -0.4 is 5.56 Å². The lowest BCUT2D eigenvalue weighted by Gasteiger charge is -2.03. The number of ketones is 1. The molecular weight excluding hydrogens is 258 g/mol. The molecule has 0 atom stereocenters. The topological polar surface area (TPSA) is 39.1 Å². The number of aromatic nitrogens is 1. The maximum Gasteiger partial charge on any atom is 0.251 e. The second-order valence-electron chi connectivity index (χ2n) is 3.70. The van der Waals surface area contributed by atoms with Crippen LogP contribution in [0.3, 0.4) is 0 Å². The second kappa shape index (κ2) is 4.85. The zero-order valence-electron chi connectivity index (χ0n) is 9.14. The quantitative estimate of drug-likeness (QED) is 0.802. The average Bonchev–Trinajstić information content (AvgIpc) is 2.69. The molecule has 0 aliphatic rings. The first-order chi connectivity index (χ1) is 8.06. The molecule has 0 saturated heterocycles. The number of pyridine rings is 1. The van der Waals surface area contributed by atoms with Crippen LogP contribution in [-0.2, 0) is 6.54 Å². The summed E-state index contributed by atoms with van der Waals surface area (Å²) in [6, 6.07) is 6.66. The Morgan fingerprint density at radius 1 is 1.41 bits per heavy atom. The van der Waals surface area contributed by atoms with E-state index in [-0.39, 0.29) is 17.9 Å². The Bertz CT molecular complexity index is 615. The molecule has 0 spiro atoms. The fourth-order valence-corrected chi connectivity index (χ4v) is 2.41. The minimum Gasteiger partial charge on any atom is -0.308 e. The first-order valence-corrected chi connectivity index (χ1v) is 6.21. The van der Waals surface area contributed by atoms with E-state index in [9.17, 15) is 9.59 Å². The van der Waals surface area contributed by atoms with Crippen LogP contribution in [0.4, 0.5) is 0 Å². The molecule has 3 nitrogen and oxygen atoms in total. The summed E-state index contributed by atoms with van der Waals surface area (Å²) in [5.41, 5.74) is 0.721. The van der Waals surface area contributed by atoms with Crippen LogP contribution in [0.2, 0.25) is 4.34 Å². The Hall–Kier alpha value is -1.39. The van der Waals surface area contributed by atoms with Crippen LogP contribution in [0, 0.1) is 6.92 Å². The highest BCUT2D eigenvalue weighted by molar-refractivity contribution is 7.18. The van der Waals surface area contributed by atoms with Gasteiger partial charge in [0.25, 0.3) is 5.56 Å². The zero-order valence-corrected chi connectivity index (χ0v) is 10.7. The standard InChI is InChI=1S/C12H10ClNO2S/c1-8-4-5-14(12(16)6-8)7-9(15)10-2-3-11(13)17-10/h2-6H,7H2,1H3. The molecule has 0 radical (unpaired) electrons. The molecule has 88 valence electrons. The number of rotatable bonds is 3. The lowest BCUT2D eigenvalue weighted by atomic mass is 10.3. The molecule has 2 heterocycles. The highest BCUT2D eigenvalue weighted by atomic mass is 35.5. The van der Waals surface area contributed by atoms with Crippen molar-refractivity contribution in [1.82, 2.24) is 4.57 Å². The van der Waals surface area contributed by atoms with Crippen LogP contribution in [0.15, 0.2) is 35.3 Å². The Labute approximate surface area is 107 Å². The molecule has 0 unspecified atom stereocenters. The van der Waals surface area contributed by atoms with Crippen molar-refractivity contribution in [1.29, 1.82) is 0 Å². The van der Waals surface area contributed by atoms with E-state index in [1.807, 2.05) is 6.92 Å². The van der Waals surface area contributed by atoms with Crippen molar-refractivity contribution in [3.05, 3.63) is 55.6 Å². The van der Waals surface area contributed by atoms with Crippen LogP contribution in [0.5, 0.6) is 0 Å². The highest BCUT2D eigenvalue weighted by Crippen LogP contribution is 2.21. The molecule has 0 bridgehead atoms. The van der Waals surface area contributed by atoms with Gasteiger partial charge in [-0.2, -0.15) is 0 Å². The zero-order chi connectivity index (χ0) is 12.4.